The van der Waals surface area contributed by atoms with Crippen LogP contribution in [0.4, 0.5) is 0 Å². The first-order valence-electron chi connectivity index (χ1n) is 8.96. The Morgan fingerprint density at radius 3 is 1.70 bits per heavy atom. The van der Waals surface area contributed by atoms with Gasteiger partial charge in [-0.1, -0.05) is 27.7 Å². The van der Waals surface area contributed by atoms with Crippen molar-refractivity contribution in [1.82, 2.24) is 4.90 Å². The van der Waals surface area contributed by atoms with Crippen molar-refractivity contribution in [2.24, 2.45) is 0 Å². The lowest BCUT2D eigenvalue weighted by atomic mass is 10.3. The molecule has 7 heteroatoms. The number of aryl methyl sites for hydroxylation is 2. The third-order valence-corrected chi connectivity index (χ3v) is 2.95. The van der Waals surface area contributed by atoms with E-state index in [1.54, 1.807) is 6.92 Å². The highest BCUT2D eigenvalue weighted by Gasteiger charge is 2.02. The summed E-state index contributed by atoms with van der Waals surface area (Å²) in [7, 11) is 4.17. The van der Waals surface area contributed by atoms with Gasteiger partial charge in [0.15, 0.2) is 0 Å². The van der Waals surface area contributed by atoms with Crippen molar-refractivity contribution in [3.05, 3.63) is 56.6 Å². The highest BCUT2D eigenvalue weighted by molar-refractivity contribution is 5.22. The van der Waals surface area contributed by atoms with E-state index < -0.39 is 5.43 Å². The second-order valence-electron chi connectivity index (χ2n) is 5.40. The molecule has 0 atom stereocenters. The molecule has 0 spiro atoms. The molecular formula is C20H33NO6. The Kier molecular flexibility index (Phi) is 15.5. The Morgan fingerprint density at radius 2 is 1.41 bits per heavy atom. The molecule has 0 aliphatic rings. The maximum Gasteiger partial charge on any atom is 0.226 e. The van der Waals surface area contributed by atoms with Crippen molar-refractivity contribution in [3.8, 4) is 11.5 Å². The van der Waals surface area contributed by atoms with Crippen LogP contribution in [0, 0.1) is 6.92 Å². The van der Waals surface area contributed by atoms with Crippen LogP contribution >= 0.6 is 0 Å². The summed E-state index contributed by atoms with van der Waals surface area (Å²) in [6, 6.07) is 2.36. The van der Waals surface area contributed by atoms with Gasteiger partial charge in [0.25, 0.3) is 0 Å². The zero-order chi connectivity index (χ0) is 21.4. The van der Waals surface area contributed by atoms with Crippen LogP contribution in [0.3, 0.4) is 0 Å². The molecule has 0 fully saturated rings. The fourth-order valence-electron chi connectivity index (χ4n) is 1.65. The minimum absolute atomic E-state index is 0.252. The smallest absolute Gasteiger partial charge is 0.226 e. The molecule has 2 rings (SSSR count). The van der Waals surface area contributed by atoms with E-state index in [0.29, 0.717) is 12.2 Å². The lowest BCUT2D eigenvalue weighted by Gasteiger charge is -2.03. The van der Waals surface area contributed by atoms with Crippen LogP contribution in [0.1, 0.15) is 45.6 Å². The van der Waals surface area contributed by atoms with Crippen molar-refractivity contribution in [2.45, 2.75) is 47.5 Å². The average Bonchev–Trinajstić information content (AvgIpc) is 2.64. The Balaban J connectivity index is 0. The summed E-state index contributed by atoms with van der Waals surface area (Å²) in [6.07, 6.45) is 4.31. The van der Waals surface area contributed by atoms with Gasteiger partial charge in [0, 0.05) is 18.6 Å². The molecule has 2 aromatic heterocycles. The summed E-state index contributed by atoms with van der Waals surface area (Å²) in [5.41, 5.74) is -0.790. The molecule has 2 aromatic rings. The predicted molar refractivity (Wildman–Crippen MR) is 108 cm³/mol. The van der Waals surface area contributed by atoms with E-state index in [1.165, 1.54) is 44.5 Å². The van der Waals surface area contributed by atoms with E-state index in [4.69, 9.17) is 14.6 Å². The van der Waals surface area contributed by atoms with Gasteiger partial charge in [-0.05, 0) is 34.0 Å². The van der Waals surface area contributed by atoms with Crippen LogP contribution in [0.5, 0.6) is 11.5 Å². The van der Waals surface area contributed by atoms with E-state index >= 15 is 0 Å². The van der Waals surface area contributed by atoms with Gasteiger partial charge in [0.1, 0.15) is 11.5 Å². The lowest BCUT2D eigenvalue weighted by Crippen LogP contribution is -2.11. The summed E-state index contributed by atoms with van der Waals surface area (Å²) in [5, 5.41) is 17.8. The summed E-state index contributed by atoms with van der Waals surface area (Å²) in [6.45, 7) is 10.7. The Hall–Kier alpha value is -2.54. The molecule has 2 heterocycles. The van der Waals surface area contributed by atoms with Crippen molar-refractivity contribution in [3.63, 3.8) is 0 Å². The van der Waals surface area contributed by atoms with Crippen molar-refractivity contribution in [1.29, 1.82) is 0 Å². The maximum absolute atomic E-state index is 10.7. The third kappa shape index (κ3) is 11.6. The summed E-state index contributed by atoms with van der Waals surface area (Å²) in [5.74, 6) is 0.0116. The summed E-state index contributed by atoms with van der Waals surface area (Å²) in [4.78, 5) is 23.4. The predicted octanol–water partition coefficient (Wildman–Crippen LogP) is 3.55. The third-order valence-electron chi connectivity index (χ3n) is 2.95. The fraction of sp³-hybridized carbons (Fsp3) is 0.500. The fourth-order valence-corrected chi connectivity index (χ4v) is 1.65. The maximum atomic E-state index is 10.7. The highest BCUT2D eigenvalue weighted by atomic mass is 16.4. The van der Waals surface area contributed by atoms with Gasteiger partial charge in [0.05, 0.1) is 12.5 Å². The van der Waals surface area contributed by atoms with Crippen molar-refractivity contribution >= 4 is 0 Å². The number of aromatic hydroxyl groups is 2. The molecule has 0 bridgehead atoms. The van der Waals surface area contributed by atoms with E-state index in [9.17, 15) is 9.59 Å². The van der Waals surface area contributed by atoms with Crippen LogP contribution in [0.2, 0.25) is 0 Å². The Bertz CT molecular complexity index is 734. The summed E-state index contributed by atoms with van der Waals surface area (Å²) >= 11 is 0. The molecule has 2 N–H and O–H groups in total. The van der Waals surface area contributed by atoms with Crippen LogP contribution in [-0.2, 0) is 6.42 Å². The zero-order valence-electron chi connectivity index (χ0n) is 17.4. The molecule has 0 amide bonds. The van der Waals surface area contributed by atoms with Gasteiger partial charge in [0.2, 0.25) is 22.4 Å². The van der Waals surface area contributed by atoms with E-state index in [1.807, 2.05) is 13.8 Å². The minimum atomic E-state index is -0.404. The molecule has 0 radical (unpaired) electrons. The molecule has 0 saturated carbocycles. The standard InChI is InChI=1S/C7H8O3.C6H6O3.C5H13N.C2H6/c1-2-6-7(9)5(8)3-4-10-6;1-4-6(8)5(7)2-3-9-4;1-4-5-6(2)3;1-2/h3-4,9H,2H2,1H3;2-3,8H,1H3;4-5H2,1-3H3;1-2H3. The van der Waals surface area contributed by atoms with Gasteiger partial charge in [-0.25, -0.2) is 0 Å². The molecule has 154 valence electrons. The normalized spacial score (nSPS) is 9.19. The van der Waals surface area contributed by atoms with Crippen LogP contribution in [0.25, 0.3) is 0 Å². The van der Waals surface area contributed by atoms with Crippen LogP contribution < -0.4 is 10.9 Å². The van der Waals surface area contributed by atoms with Gasteiger partial charge < -0.3 is 23.9 Å². The largest absolute Gasteiger partial charge is 0.502 e. The number of hydrogen-bond acceptors (Lipinski definition) is 7. The molecule has 0 aliphatic heterocycles. The molecule has 0 unspecified atom stereocenters. The van der Waals surface area contributed by atoms with E-state index in [2.05, 4.69) is 30.3 Å². The van der Waals surface area contributed by atoms with Crippen molar-refractivity contribution < 1.29 is 19.0 Å². The highest BCUT2D eigenvalue weighted by Crippen LogP contribution is 2.09. The Labute approximate surface area is 160 Å². The number of hydrogen-bond donors (Lipinski definition) is 2. The second kappa shape index (κ2) is 15.7. The van der Waals surface area contributed by atoms with Crippen molar-refractivity contribution in [2.75, 3.05) is 20.6 Å². The van der Waals surface area contributed by atoms with Gasteiger partial charge in [-0.15, -0.1) is 0 Å². The molecule has 0 aromatic carbocycles. The minimum Gasteiger partial charge on any atom is -0.502 e. The molecule has 27 heavy (non-hydrogen) atoms. The monoisotopic (exact) mass is 383 g/mol. The second-order valence-corrected chi connectivity index (χ2v) is 5.40. The van der Waals surface area contributed by atoms with Gasteiger partial charge in [-0.3, -0.25) is 9.59 Å². The topological polar surface area (TPSA) is 104 Å². The molecule has 7 nitrogen and oxygen atoms in total. The first-order chi connectivity index (χ1) is 12.7. The molecular weight excluding hydrogens is 350 g/mol. The lowest BCUT2D eigenvalue weighted by molar-refractivity contribution is 0.402. The quantitative estimate of drug-likeness (QED) is 0.835. The number of rotatable bonds is 3. The molecule has 0 saturated heterocycles. The SMILES string of the molecule is CC.CCCN(C)C.CCc1occc(=O)c1O.Cc1occc(=O)c1O. The molecule has 0 aliphatic carbocycles. The first kappa shape index (κ1) is 26.7. The average molecular weight is 383 g/mol. The number of nitrogens with zero attached hydrogens (tertiary/aromatic N) is 1. The van der Waals surface area contributed by atoms with Gasteiger partial charge in [-0.2, -0.15) is 0 Å². The summed E-state index contributed by atoms with van der Waals surface area (Å²) < 4.78 is 9.53. The van der Waals surface area contributed by atoms with Crippen LogP contribution in [0.15, 0.2) is 43.1 Å². The van der Waals surface area contributed by atoms with Gasteiger partial charge >= 0.3 is 0 Å². The van der Waals surface area contributed by atoms with Crippen LogP contribution in [-0.4, -0.2) is 35.8 Å². The van der Waals surface area contributed by atoms with E-state index in [0.717, 1.165) is 0 Å². The van der Waals surface area contributed by atoms with E-state index in [-0.39, 0.29) is 22.7 Å². The Morgan fingerprint density at radius 1 is 0.926 bits per heavy atom. The first-order valence-corrected chi connectivity index (χ1v) is 8.96. The zero-order valence-corrected chi connectivity index (χ0v) is 17.4.